The highest BCUT2D eigenvalue weighted by Crippen LogP contribution is 2.33. The zero-order chi connectivity index (χ0) is 24.5. The van der Waals surface area contributed by atoms with E-state index in [9.17, 15) is 9.59 Å². The van der Waals surface area contributed by atoms with Crippen molar-refractivity contribution in [3.05, 3.63) is 94.0 Å². The Bertz CT molecular complexity index is 1430. The zero-order valence-electron chi connectivity index (χ0n) is 18.6. The molecule has 0 atom stereocenters. The number of methoxy groups -OCH3 is 1. The van der Waals surface area contributed by atoms with Gasteiger partial charge in [-0.1, -0.05) is 41.9 Å². The molecule has 0 saturated heterocycles. The number of hydrogen-bond donors (Lipinski definition) is 1. The van der Waals surface area contributed by atoms with Crippen LogP contribution in [0.4, 0.5) is 5.69 Å². The number of benzene rings is 3. The molecule has 3 aromatic carbocycles. The first-order valence-corrected chi connectivity index (χ1v) is 11.6. The Kier molecular flexibility index (Phi) is 6.15. The van der Waals surface area contributed by atoms with E-state index in [0.717, 1.165) is 16.7 Å². The van der Waals surface area contributed by atoms with E-state index in [0.29, 0.717) is 34.3 Å². The number of halogens is 1. The van der Waals surface area contributed by atoms with Gasteiger partial charge in [0, 0.05) is 22.7 Å². The van der Waals surface area contributed by atoms with Gasteiger partial charge in [0.1, 0.15) is 11.5 Å². The van der Waals surface area contributed by atoms with Gasteiger partial charge in [-0.05, 0) is 59.7 Å². The second-order valence-electron chi connectivity index (χ2n) is 7.95. The van der Waals surface area contributed by atoms with Crippen LogP contribution < -0.4 is 10.1 Å². The minimum absolute atomic E-state index is 0.168. The van der Waals surface area contributed by atoms with Crippen LogP contribution in [-0.2, 0) is 17.9 Å². The van der Waals surface area contributed by atoms with Crippen LogP contribution in [0.5, 0.6) is 5.75 Å². The maximum absolute atomic E-state index is 13.2. The molecule has 35 heavy (non-hydrogen) atoms. The van der Waals surface area contributed by atoms with Crippen LogP contribution in [0, 0.1) is 0 Å². The molecule has 0 spiro atoms. The van der Waals surface area contributed by atoms with E-state index in [1.807, 2.05) is 18.2 Å². The maximum atomic E-state index is 13.2. The maximum Gasteiger partial charge on any atom is 0.281 e. The van der Waals surface area contributed by atoms with Crippen LogP contribution in [0.2, 0.25) is 5.02 Å². The largest absolute Gasteiger partial charge is 0.497 e. The summed E-state index contributed by atoms with van der Waals surface area (Å²) in [6.07, 6.45) is 0. The number of nitrogens with zero attached hydrogens (tertiary/aromatic N) is 3. The average molecular weight is 503 g/mol. The van der Waals surface area contributed by atoms with Gasteiger partial charge in [0.05, 0.1) is 19.3 Å². The summed E-state index contributed by atoms with van der Waals surface area (Å²) in [5.41, 5.74) is 4.25. The molecule has 1 N–H and O–H groups in total. The van der Waals surface area contributed by atoms with Crippen LogP contribution in [0.25, 0.3) is 0 Å². The fraction of sp³-hybridized carbons (Fsp3) is 0.115. The molecular formula is C26H19ClN4O3S. The SMILES string of the molecule is COc1ccc2c(c1)C1=NC(=S)N(Cc3ccc(C(=O)NCc4ccccc4Cl)cc3)C(=O)C1=N2. The normalized spacial score (nSPS) is 14.2. The number of carbonyl (C=O) groups excluding carboxylic acids is 2. The Hall–Kier alpha value is -3.88. The van der Waals surface area contributed by atoms with Gasteiger partial charge in [0.25, 0.3) is 11.8 Å². The van der Waals surface area contributed by atoms with Gasteiger partial charge in [-0.25, -0.2) is 9.98 Å². The molecule has 7 nitrogen and oxygen atoms in total. The Morgan fingerprint density at radius 1 is 1.06 bits per heavy atom. The lowest BCUT2D eigenvalue weighted by Crippen LogP contribution is -2.45. The summed E-state index contributed by atoms with van der Waals surface area (Å²) < 4.78 is 5.27. The van der Waals surface area contributed by atoms with Gasteiger partial charge < -0.3 is 10.1 Å². The molecular weight excluding hydrogens is 484 g/mol. The lowest BCUT2D eigenvalue weighted by Gasteiger charge is -2.25. The highest BCUT2D eigenvalue weighted by Gasteiger charge is 2.37. The third-order valence-electron chi connectivity index (χ3n) is 5.76. The Morgan fingerprint density at radius 3 is 2.57 bits per heavy atom. The predicted molar refractivity (Wildman–Crippen MR) is 139 cm³/mol. The number of hydrogen-bond acceptors (Lipinski definition) is 5. The van der Waals surface area contributed by atoms with Gasteiger partial charge in [-0.15, -0.1) is 0 Å². The van der Waals surface area contributed by atoms with Gasteiger partial charge >= 0.3 is 0 Å². The molecule has 2 heterocycles. The smallest absolute Gasteiger partial charge is 0.281 e. The highest BCUT2D eigenvalue weighted by atomic mass is 35.5. The van der Waals surface area contributed by atoms with Crippen LogP contribution in [0.15, 0.2) is 76.7 Å². The second-order valence-corrected chi connectivity index (χ2v) is 8.72. The fourth-order valence-electron chi connectivity index (χ4n) is 3.87. The quantitative estimate of drug-likeness (QED) is 0.504. The summed E-state index contributed by atoms with van der Waals surface area (Å²) in [5, 5.41) is 3.63. The molecule has 0 unspecified atom stereocenters. The Balaban J connectivity index is 1.28. The Morgan fingerprint density at radius 2 is 1.83 bits per heavy atom. The summed E-state index contributed by atoms with van der Waals surface area (Å²) in [6, 6.07) is 19.7. The van der Waals surface area contributed by atoms with Crippen molar-refractivity contribution in [3.8, 4) is 5.75 Å². The molecule has 0 radical (unpaired) electrons. The molecule has 5 rings (SSSR count). The van der Waals surface area contributed by atoms with E-state index in [2.05, 4.69) is 15.3 Å². The van der Waals surface area contributed by atoms with Crippen molar-refractivity contribution in [2.24, 2.45) is 9.98 Å². The molecule has 2 amide bonds. The van der Waals surface area contributed by atoms with Crippen molar-refractivity contribution in [2.45, 2.75) is 13.1 Å². The first-order chi connectivity index (χ1) is 16.9. The van der Waals surface area contributed by atoms with E-state index in [-0.39, 0.29) is 29.2 Å². The third-order valence-corrected chi connectivity index (χ3v) is 6.44. The first-order valence-electron chi connectivity index (χ1n) is 10.8. The summed E-state index contributed by atoms with van der Waals surface area (Å²) in [6.45, 7) is 0.544. The number of fused-ring (bicyclic) bond motifs is 3. The first kappa shape index (κ1) is 22.9. The Labute approximate surface area is 212 Å². The van der Waals surface area contributed by atoms with Gasteiger partial charge in [0.2, 0.25) is 5.11 Å². The zero-order valence-corrected chi connectivity index (χ0v) is 20.2. The summed E-state index contributed by atoms with van der Waals surface area (Å²) in [7, 11) is 1.58. The van der Waals surface area contributed by atoms with Crippen molar-refractivity contribution in [1.29, 1.82) is 0 Å². The number of ether oxygens (including phenoxy) is 1. The molecule has 0 aliphatic carbocycles. The fourth-order valence-corrected chi connectivity index (χ4v) is 4.31. The topological polar surface area (TPSA) is 83.4 Å². The standard InChI is InChI=1S/C26H19ClN4O3S/c1-34-18-10-11-21-19(12-18)22-23(29-21)25(33)31(26(35)30-22)14-15-6-8-16(9-7-15)24(32)28-13-17-4-2-3-5-20(17)27/h2-12H,13-14H2,1H3,(H,28,32). The van der Waals surface area contributed by atoms with E-state index in [1.54, 1.807) is 55.6 Å². The van der Waals surface area contributed by atoms with Crippen molar-refractivity contribution < 1.29 is 14.3 Å². The molecule has 0 saturated carbocycles. The van der Waals surface area contributed by atoms with Crippen LogP contribution >= 0.6 is 23.8 Å². The van der Waals surface area contributed by atoms with E-state index in [4.69, 9.17) is 28.6 Å². The summed E-state index contributed by atoms with van der Waals surface area (Å²) in [5.74, 6) is 0.125. The van der Waals surface area contributed by atoms with Gasteiger partial charge in [-0.2, -0.15) is 0 Å². The van der Waals surface area contributed by atoms with E-state index >= 15 is 0 Å². The number of thiocarbonyl (C=S) groups is 1. The molecule has 9 heteroatoms. The molecule has 0 fully saturated rings. The summed E-state index contributed by atoms with van der Waals surface area (Å²) in [4.78, 5) is 36.1. The van der Waals surface area contributed by atoms with Crippen molar-refractivity contribution in [1.82, 2.24) is 10.2 Å². The minimum Gasteiger partial charge on any atom is -0.497 e. The molecule has 174 valence electrons. The van der Waals surface area contributed by atoms with Gasteiger partial charge in [-0.3, -0.25) is 14.5 Å². The second kappa shape index (κ2) is 9.40. The number of amides is 2. The monoisotopic (exact) mass is 502 g/mol. The highest BCUT2D eigenvalue weighted by molar-refractivity contribution is 7.80. The number of aliphatic imine (C=N–C) groups is 2. The van der Waals surface area contributed by atoms with E-state index in [1.165, 1.54) is 4.90 Å². The average Bonchev–Trinajstić information content (AvgIpc) is 3.24. The molecule has 2 aliphatic heterocycles. The van der Waals surface area contributed by atoms with Crippen LogP contribution in [0.1, 0.15) is 27.0 Å². The lowest BCUT2D eigenvalue weighted by molar-refractivity contribution is -0.120. The van der Waals surface area contributed by atoms with E-state index < -0.39 is 0 Å². The van der Waals surface area contributed by atoms with Gasteiger partial charge in [0.15, 0.2) is 5.71 Å². The molecule has 0 aromatic heterocycles. The lowest BCUT2D eigenvalue weighted by atomic mass is 10.0. The van der Waals surface area contributed by atoms with Crippen molar-refractivity contribution in [2.75, 3.05) is 7.11 Å². The van der Waals surface area contributed by atoms with Crippen molar-refractivity contribution in [3.63, 3.8) is 0 Å². The summed E-state index contributed by atoms with van der Waals surface area (Å²) >= 11 is 11.6. The van der Waals surface area contributed by atoms with Crippen LogP contribution in [-0.4, -0.2) is 40.4 Å². The molecule has 3 aromatic rings. The third kappa shape index (κ3) is 4.45. The number of carbonyl (C=O) groups is 2. The minimum atomic E-state index is -0.309. The molecule has 0 bridgehead atoms. The van der Waals surface area contributed by atoms with Crippen molar-refractivity contribution >= 4 is 57.9 Å². The molecule has 2 aliphatic rings. The predicted octanol–water partition coefficient (Wildman–Crippen LogP) is 4.48. The van der Waals surface area contributed by atoms with Crippen LogP contribution in [0.3, 0.4) is 0 Å². The number of nitrogens with one attached hydrogen (secondary N) is 1. The number of rotatable bonds is 6.